The summed E-state index contributed by atoms with van der Waals surface area (Å²) >= 11 is 0. The first-order valence-corrected chi connectivity index (χ1v) is 7.82. The summed E-state index contributed by atoms with van der Waals surface area (Å²) in [5.41, 5.74) is 0.831. The molecule has 116 valence electrons. The van der Waals surface area contributed by atoms with Crippen molar-refractivity contribution in [1.82, 2.24) is 4.90 Å². The highest BCUT2D eigenvalue weighted by atomic mass is 19.1. The molecule has 0 aromatic heterocycles. The maximum Gasteiger partial charge on any atom is 0.303 e. The lowest BCUT2D eigenvalue weighted by Crippen LogP contribution is -2.35. The highest BCUT2D eigenvalue weighted by Crippen LogP contribution is 2.23. The first kappa shape index (κ1) is 16.0. The van der Waals surface area contributed by atoms with Crippen molar-refractivity contribution >= 4 is 5.97 Å². The van der Waals surface area contributed by atoms with Crippen LogP contribution in [0.25, 0.3) is 0 Å². The predicted octanol–water partition coefficient (Wildman–Crippen LogP) is 3.34. The average Bonchev–Trinajstić information content (AvgIpc) is 2.47. The van der Waals surface area contributed by atoms with Gasteiger partial charge in [0, 0.05) is 6.42 Å². The molecule has 0 spiro atoms. The molecule has 1 heterocycles. The zero-order chi connectivity index (χ0) is 15.1. The number of rotatable bonds is 7. The van der Waals surface area contributed by atoms with Gasteiger partial charge in [-0.15, -0.1) is 0 Å². The fraction of sp³-hybridized carbons (Fsp3) is 0.588. The predicted molar refractivity (Wildman–Crippen MR) is 80.8 cm³/mol. The smallest absolute Gasteiger partial charge is 0.303 e. The van der Waals surface area contributed by atoms with Gasteiger partial charge in [-0.05, 0) is 69.3 Å². The third-order valence-electron chi connectivity index (χ3n) is 4.29. The number of carboxylic acid groups (broad SMARTS) is 1. The van der Waals surface area contributed by atoms with Crippen LogP contribution in [0.5, 0.6) is 0 Å². The highest BCUT2D eigenvalue weighted by molar-refractivity contribution is 5.66. The zero-order valence-corrected chi connectivity index (χ0v) is 12.4. The van der Waals surface area contributed by atoms with Gasteiger partial charge in [0.05, 0.1) is 0 Å². The molecule has 1 fully saturated rings. The largest absolute Gasteiger partial charge is 0.481 e. The Morgan fingerprint density at radius 2 is 1.95 bits per heavy atom. The molecule has 1 aromatic rings. The molecule has 1 aliphatic rings. The lowest BCUT2D eigenvalue weighted by atomic mass is 9.90. The second-order valence-corrected chi connectivity index (χ2v) is 5.93. The number of piperidine rings is 1. The van der Waals surface area contributed by atoms with Crippen LogP contribution in [0.1, 0.15) is 37.7 Å². The van der Waals surface area contributed by atoms with E-state index in [2.05, 4.69) is 4.90 Å². The van der Waals surface area contributed by atoms with E-state index in [4.69, 9.17) is 5.11 Å². The molecule has 1 aromatic carbocycles. The molecular formula is C17H24FNO2. The minimum Gasteiger partial charge on any atom is -0.481 e. The van der Waals surface area contributed by atoms with Gasteiger partial charge >= 0.3 is 5.97 Å². The number of aliphatic carboxylic acids is 1. The van der Waals surface area contributed by atoms with Crippen molar-refractivity contribution in [3.05, 3.63) is 35.6 Å². The SMILES string of the molecule is O=C(O)CCCCN1CCC(Cc2ccccc2F)CC1. The summed E-state index contributed by atoms with van der Waals surface area (Å²) in [5.74, 6) is -0.232. The molecule has 0 radical (unpaired) electrons. The molecule has 21 heavy (non-hydrogen) atoms. The van der Waals surface area contributed by atoms with Gasteiger partial charge in [-0.1, -0.05) is 18.2 Å². The van der Waals surface area contributed by atoms with Crippen LogP contribution in [-0.4, -0.2) is 35.6 Å². The van der Waals surface area contributed by atoms with Crippen LogP contribution >= 0.6 is 0 Å². The third-order valence-corrected chi connectivity index (χ3v) is 4.29. The Morgan fingerprint density at radius 3 is 2.62 bits per heavy atom. The van der Waals surface area contributed by atoms with Crippen molar-refractivity contribution in [3.8, 4) is 0 Å². The number of hydrogen-bond donors (Lipinski definition) is 1. The molecule has 2 rings (SSSR count). The average molecular weight is 293 g/mol. The normalized spacial score (nSPS) is 17.0. The Morgan fingerprint density at radius 1 is 1.24 bits per heavy atom. The summed E-state index contributed by atoms with van der Waals surface area (Å²) in [4.78, 5) is 12.9. The molecule has 0 saturated carbocycles. The van der Waals surface area contributed by atoms with Gasteiger partial charge < -0.3 is 10.0 Å². The minimum atomic E-state index is -0.710. The van der Waals surface area contributed by atoms with Crippen molar-refractivity contribution in [2.45, 2.75) is 38.5 Å². The summed E-state index contributed by atoms with van der Waals surface area (Å²) in [5, 5.41) is 8.60. The maximum atomic E-state index is 13.6. The lowest BCUT2D eigenvalue weighted by Gasteiger charge is -2.32. The Balaban J connectivity index is 1.66. The van der Waals surface area contributed by atoms with E-state index in [-0.39, 0.29) is 12.2 Å². The van der Waals surface area contributed by atoms with Gasteiger partial charge in [0.1, 0.15) is 5.82 Å². The quantitative estimate of drug-likeness (QED) is 0.784. The van der Waals surface area contributed by atoms with E-state index in [1.165, 1.54) is 6.07 Å². The van der Waals surface area contributed by atoms with E-state index in [0.717, 1.165) is 57.3 Å². The number of nitrogens with zero attached hydrogens (tertiary/aromatic N) is 1. The molecule has 1 aliphatic heterocycles. The number of likely N-dealkylation sites (tertiary alicyclic amines) is 1. The van der Waals surface area contributed by atoms with Gasteiger partial charge in [0.2, 0.25) is 0 Å². The van der Waals surface area contributed by atoms with Crippen LogP contribution in [0.4, 0.5) is 4.39 Å². The molecule has 0 bridgehead atoms. The number of carboxylic acids is 1. The van der Waals surface area contributed by atoms with Crippen LogP contribution in [0.2, 0.25) is 0 Å². The molecule has 1 N–H and O–H groups in total. The van der Waals surface area contributed by atoms with E-state index in [1.54, 1.807) is 6.07 Å². The van der Waals surface area contributed by atoms with E-state index >= 15 is 0 Å². The van der Waals surface area contributed by atoms with Gasteiger partial charge in [0.15, 0.2) is 0 Å². The van der Waals surface area contributed by atoms with E-state index in [9.17, 15) is 9.18 Å². The standard InChI is InChI=1S/C17H24FNO2/c18-16-6-2-1-5-15(16)13-14-8-11-19(12-9-14)10-4-3-7-17(20)21/h1-2,5-6,14H,3-4,7-13H2,(H,20,21). The third kappa shape index (κ3) is 5.46. The molecule has 0 amide bonds. The topological polar surface area (TPSA) is 40.5 Å². The van der Waals surface area contributed by atoms with Crippen LogP contribution in [0.15, 0.2) is 24.3 Å². The number of carbonyl (C=O) groups is 1. The first-order chi connectivity index (χ1) is 10.1. The summed E-state index contributed by atoms with van der Waals surface area (Å²) < 4.78 is 13.6. The van der Waals surface area contributed by atoms with Crippen molar-refractivity contribution in [2.75, 3.05) is 19.6 Å². The Bertz CT molecular complexity index is 456. The zero-order valence-electron chi connectivity index (χ0n) is 12.4. The van der Waals surface area contributed by atoms with Gasteiger partial charge in [-0.25, -0.2) is 4.39 Å². The summed E-state index contributed by atoms with van der Waals surface area (Å²) in [6.45, 7) is 3.08. The maximum absolute atomic E-state index is 13.6. The number of benzene rings is 1. The second-order valence-electron chi connectivity index (χ2n) is 5.93. The fourth-order valence-corrected chi connectivity index (χ4v) is 3.00. The minimum absolute atomic E-state index is 0.0893. The van der Waals surface area contributed by atoms with Crippen molar-refractivity contribution in [2.24, 2.45) is 5.92 Å². The molecular weight excluding hydrogens is 269 g/mol. The molecule has 1 saturated heterocycles. The van der Waals surface area contributed by atoms with Gasteiger partial charge in [0.25, 0.3) is 0 Å². The van der Waals surface area contributed by atoms with E-state index in [0.29, 0.717) is 5.92 Å². The number of halogens is 1. The second kappa shape index (κ2) is 8.13. The van der Waals surface area contributed by atoms with E-state index in [1.807, 2.05) is 12.1 Å². The first-order valence-electron chi connectivity index (χ1n) is 7.82. The number of hydrogen-bond acceptors (Lipinski definition) is 2. The monoisotopic (exact) mass is 293 g/mol. The van der Waals surface area contributed by atoms with Crippen LogP contribution in [-0.2, 0) is 11.2 Å². The van der Waals surface area contributed by atoms with Crippen molar-refractivity contribution in [3.63, 3.8) is 0 Å². The summed E-state index contributed by atoms with van der Waals surface area (Å²) in [6, 6.07) is 7.05. The lowest BCUT2D eigenvalue weighted by molar-refractivity contribution is -0.137. The van der Waals surface area contributed by atoms with Crippen LogP contribution in [0.3, 0.4) is 0 Å². The molecule has 4 heteroatoms. The fourth-order valence-electron chi connectivity index (χ4n) is 3.00. The Kier molecular flexibility index (Phi) is 6.18. The molecule has 0 unspecified atom stereocenters. The Hall–Kier alpha value is -1.42. The number of unbranched alkanes of at least 4 members (excludes halogenated alkanes) is 1. The molecule has 3 nitrogen and oxygen atoms in total. The molecule has 0 aliphatic carbocycles. The van der Waals surface area contributed by atoms with E-state index < -0.39 is 5.97 Å². The molecule has 0 atom stereocenters. The highest BCUT2D eigenvalue weighted by Gasteiger charge is 2.20. The Labute approximate surface area is 125 Å². The van der Waals surface area contributed by atoms with Gasteiger partial charge in [-0.2, -0.15) is 0 Å². The summed E-state index contributed by atoms with van der Waals surface area (Å²) in [6.07, 6.45) is 5.01. The van der Waals surface area contributed by atoms with Crippen molar-refractivity contribution < 1.29 is 14.3 Å². The summed E-state index contributed by atoms with van der Waals surface area (Å²) in [7, 11) is 0. The van der Waals surface area contributed by atoms with Crippen LogP contribution in [0, 0.1) is 11.7 Å². The van der Waals surface area contributed by atoms with Crippen LogP contribution < -0.4 is 0 Å². The van der Waals surface area contributed by atoms with Gasteiger partial charge in [-0.3, -0.25) is 4.79 Å². The van der Waals surface area contributed by atoms with Crippen molar-refractivity contribution in [1.29, 1.82) is 0 Å².